The highest BCUT2D eigenvalue weighted by Gasteiger charge is 2.11. The third-order valence-corrected chi connectivity index (χ3v) is 2.11. The fourth-order valence-electron chi connectivity index (χ4n) is 1.52. The first-order valence-corrected chi connectivity index (χ1v) is 4.10. The fraction of sp³-hybridized carbons (Fsp3) is 0.300. The maximum atomic E-state index is 5.33. The van der Waals surface area contributed by atoms with Gasteiger partial charge >= 0.3 is 0 Å². The molecule has 0 saturated carbocycles. The summed E-state index contributed by atoms with van der Waals surface area (Å²) >= 11 is 0. The molecular weight excluding hydrogens is 148 g/mol. The zero-order chi connectivity index (χ0) is 8.39. The molecule has 0 bridgehead atoms. The molecule has 1 aromatic heterocycles. The van der Waals surface area contributed by atoms with Crippen LogP contribution >= 0.6 is 0 Å². The average molecular weight is 158 g/mol. The molecular formula is C10H10N2. The lowest BCUT2D eigenvalue weighted by Gasteiger charge is -2.17. The number of pyridine rings is 1. The highest BCUT2D eigenvalue weighted by atomic mass is 14.9. The SMILES string of the molecule is C#Cc1nccc2c1CCCN2. The van der Waals surface area contributed by atoms with Crippen molar-refractivity contribution in [3.05, 3.63) is 23.5 Å². The highest BCUT2D eigenvalue weighted by molar-refractivity contribution is 5.57. The monoisotopic (exact) mass is 158 g/mol. The summed E-state index contributed by atoms with van der Waals surface area (Å²) in [6.07, 6.45) is 9.29. The zero-order valence-electron chi connectivity index (χ0n) is 6.80. The summed E-state index contributed by atoms with van der Waals surface area (Å²) in [7, 11) is 0. The smallest absolute Gasteiger partial charge is 0.118 e. The van der Waals surface area contributed by atoms with E-state index in [4.69, 9.17) is 6.42 Å². The number of rotatable bonds is 0. The molecule has 0 atom stereocenters. The standard InChI is InChI=1S/C10H10N2/c1-2-9-8-4-3-6-11-10(8)5-7-12-9/h1,5,7,11H,3-4,6H2. The van der Waals surface area contributed by atoms with Crippen molar-refractivity contribution < 1.29 is 0 Å². The van der Waals surface area contributed by atoms with Crippen molar-refractivity contribution in [3.63, 3.8) is 0 Å². The number of anilines is 1. The number of terminal acetylenes is 1. The molecule has 1 aromatic rings. The molecule has 0 unspecified atom stereocenters. The van der Waals surface area contributed by atoms with Gasteiger partial charge in [-0.2, -0.15) is 0 Å². The van der Waals surface area contributed by atoms with E-state index in [1.54, 1.807) is 6.20 Å². The molecule has 0 saturated heterocycles. The van der Waals surface area contributed by atoms with Crippen molar-refractivity contribution in [2.24, 2.45) is 0 Å². The summed E-state index contributed by atoms with van der Waals surface area (Å²) in [4.78, 5) is 4.13. The Hall–Kier alpha value is -1.49. The molecule has 0 spiro atoms. The van der Waals surface area contributed by atoms with Crippen molar-refractivity contribution in [2.45, 2.75) is 12.8 Å². The van der Waals surface area contributed by atoms with Crippen LogP contribution in [-0.4, -0.2) is 11.5 Å². The highest BCUT2D eigenvalue weighted by Crippen LogP contribution is 2.22. The van der Waals surface area contributed by atoms with Crippen LogP contribution in [0.25, 0.3) is 0 Å². The van der Waals surface area contributed by atoms with Gasteiger partial charge in [0.2, 0.25) is 0 Å². The van der Waals surface area contributed by atoms with Gasteiger partial charge < -0.3 is 5.32 Å². The predicted octanol–water partition coefficient (Wildman–Crippen LogP) is 1.42. The molecule has 0 aromatic carbocycles. The van der Waals surface area contributed by atoms with Crippen LogP contribution < -0.4 is 5.32 Å². The lowest BCUT2D eigenvalue weighted by Crippen LogP contribution is -2.13. The van der Waals surface area contributed by atoms with Crippen LogP contribution in [0.4, 0.5) is 5.69 Å². The van der Waals surface area contributed by atoms with E-state index in [2.05, 4.69) is 16.2 Å². The third-order valence-electron chi connectivity index (χ3n) is 2.11. The second-order valence-corrected chi connectivity index (χ2v) is 2.86. The number of aromatic nitrogens is 1. The van der Waals surface area contributed by atoms with E-state index in [1.165, 1.54) is 5.56 Å². The van der Waals surface area contributed by atoms with Crippen LogP contribution in [0.3, 0.4) is 0 Å². The molecule has 2 heterocycles. The first kappa shape index (κ1) is 7.17. The largest absolute Gasteiger partial charge is 0.385 e. The first-order chi connectivity index (χ1) is 5.92. The van der Waals surface area contributed by atoms with Gasteiger partial charge in [0.25, 0.3) is 0 Å². The molecule has 1 N–H and O–H groups in total. The van der Waals surface area contributed by atoms with Gasteiger partial charge in [-0.05, 0) is 24.8 Å². The summed E-state index contributed by atoms with van der Waals surface area (Å²) in [5.41, 5.74) is 3.15. The molecule has 2 nitrogen and oxygen atoms in total. The summed E-state index contributed by atoms with van der Waals surface area (Å²) in [6.45, 7) is 1.04. The first-order valence-electron chi connectivity index (χ1n) is 4.10. The molecule has 2 rings (SSSR count). The Morgan fingerprint density at radius 2 is 2.50 bits per heavy atom. The van der Waals surface area contributed by atoms with Gasteiger partial charge in [-0.1, -0.05) is 0 Å². The minimum Gasteiger partial charge on any atom is -0.385 e. The summed E-state index contributed by atoms with van der Waals surface area (Å²) in [6, 6.07) is 1.98. The molecule has 0 amide bonds. The number of hydrogen-bond donors (Lipinski definition) is 1. The average Bonchev–Trinajstić information content (AvgIpc) is 2.17. The molecule has 0 aliphatic carbocycles. The van der Waals surface area contributed by atoms with Gasteiger partial charge in [0, 0.05) is 24.0 Å². The summed E-state index contributed by atoms with van der Waals surface area (Å²) < 4.78 is 0. The van der Waals surface area contributed by atoms with E-state index in [-0.39, 0.29) is 0 Å². The number of hydrogen-bond acceptors (Lipinski definition) is 2. The Labute approximate surface area is 72.0 Å². The molecule has 0 radical (unpaired) electrons. The molecule has 0 fully saturated rings. The molecule has 12 heavy (non-hydrogen) atoms. The van der Waals surface area contributed by atoms with Crippen molar-refractivity contribution >= 4 is 5.69 Å². The minimum absolute atomic E-state index is 0.791. The number of nitrogens with zero attached hydrogens (tertiary/aromatic N) is 1. The van der Waals surface area contributed by atoms with Crippen LogP contribution in [0.15, 0.2) is 12.3 Å². The summed E-state index contributed by atoms with van der Waals surface area (Å²) in [5.74, 6) is 2.60. The molecule has 2 heteroatoms. The Bertz CT molecular complexity index is 336. The van der Waals surface area contributed by atoms with E-state index in [0.717, 1.165) is 30.8 Å². The Balaban J connectivity index is 2.53. The molecule has 60 valence electrons. The van der Waals surface area contributed by atoms with Crippen LogP contribution in [-0.2, 0) is 6.42 Å². The lowest BCUT2D eigenvalue weighted by atomic mass is 10.0. The van der Waals surface area contributed by atoms with E-state index < -0.39 is 0 Å². The second kappa shape index (κ2) is 2.86. The van der Waals surface area contributed by atoms with Crippen LogP contribution in [0.2, 0.25) is 0 Å². The van der Waals surface area contributed by atoms with Gasteiger partial charge in [0.15, 0.2) is 0 Å². The van der Waals surface area contributed by atoms with Gasteiger partial charge in [-0.25, -0.2) is 4.98 Å². The van der Waals surface area contributed by atoms with Crippen molar-refractivity contribution in [2.75, 3.05) is 11.9 Å². The molecule has 1 aliphatic rings. The quantitative estimate of drug-likeness (QED) is 0.577. The van der Waals surface area contributed by atoms with E-state index in [0.29, 0.717) is 0 Å². The van der Waals surface area contributed by atoms with Crippen LogP contribution in [0.1, 0.15) is 17.7 Å². The Morgan fingerprint density at radius 3 is 3.33 bits per heavy atom. The predicted molar refractivity (Wildman–Crippen MR) is 49.0 cm³/mol. The van der Waals surface area contributed by atoms with Gasteiger partial charge in [-0.15, -0.1) is 6.42 Å². The van der Waals surface area contributed by atoms with Crippen molar-refractivity contribution in [1.82, 2.24) is 4.98 Å². The van der Waals surface area contributed by atoms with Gasteiger partial charge in [0.05, 0.1) is 0 Å². The fourth-order valence-corrected chi connectivity index (χ4v) is 1.52. The van der Waals surface area contributed by atoms with Crippen molar-refractivity contribution in [1.29, 1.82) is 0 Å². The van der Waals surface area contributed by atoms with Gasteiger partial charge in [0.1, 0.15) is 5.69 Å². The number of fused-ring (bicyclic) bond motifs is 1. The van der Waals surface area contributed by atoms with Crippen LogP contribution in [0, 0.1) is 12.3 Å². The zero-order valence-corrected chi connectivity index (χ0v) is 6.80. The number of nitrogens with one attached hydrogen (secondary N) is 1. The summed E-state index contributed by atoms with van der Waals surface area (Å²) in [5, 5.41) is 3.30. The maximum Gasteiger partial charge on any atom is 0.118 e. The van der Waals surface area contributed by atoms with Crippen molar-refractivity contribution in [3.8, 4) is 12.3 Å². The van der Waals surface area contributed by atoms with E-state index in [1.807, 2.05) is 6.07 Å². The van der Waals surface area contributed by atoms with E-state index >= 15 is 0 Å². The Kier molecular flexibility index (Phi) is 1.71. The normalized spacial score (nSPS) is 14.2. The third kappa shape index (κ3) is 1.04. The van der Waals surface area contributed by atoms with E-state index in [9.17, 15) is 0 Å². The topological polar surface area (TPSA) is 24.9 Å². The second-order valence-electron chi connectivity index (χ2n) is 2.86. The molecule has 1 aliphatic heterocycles. The van der Waals surface area contributed by atoms with Gasteiger partial charge in [-0.3, -0.25) is 0 Å². The van der Waals surface area contributed by atoms with Crippen LogP contribution in [0.5, 0.6) is 0 Å². The Morgan fingerprint density at radius 1 is 1.58 bits per heavy atom. The minimum atomic E-state index is 0.791. The maximum absolute atomic E-state index is 5.33. The lowest BCUT2D eigenvalue weighted by molar-refractivity contribution is 0.821.